The second-order valence-corrected chi connectivity index (χ2v) is 11.1. The normalized spacial score (nSPS) is 18.5. The average molecular weight is 560 g/mol. The molecule has 4 aromatic rings. The van der Waals surface area contributed by atoms with Crippen LogP contribution in [0.25, 0.3) is 22.2 Å². The number of fused-ring (bicyclic) bond motifs is 2. The van der Waals surface area contributed by atoms with Gasteiger partial charge in [0.05, 0.1) is 27.6 Å². The fourth-order valence-electron chi connectivity index (χ4n) is 5.97. The van der Waals surface area contributed by atoms with E-state index in [0.29, 0.717) is 48.9 Å². The number of nitrogens with one attached hydrogen (secondary N) is 1. The molecule has 3 aromatic heterocycles. The molecule has 3 N–H and O–H groups in total. The zero-order valence-electron chi connectivity index (χ0n) is 20.3. The molecule has 192 valence electrons. The van der Waals surface area contributed by atoms with Crippen molar-refractivity contribution in [3.63, 3.8) is 0 Å². The first-order chi connectivity index (χ1) is 17.7. The van der Waals surface area contributed by atoms with Gasteiger partial charge in [-0.05, 0) is 47.9 Å². The lowest BCUT2D eigenvalue weighted by Crippen LogP contribution is -2.46. The van der Waals surface area contributed by atoms with Gasteiger partial charge >= 0.3 is 0 Å². The maximum absolute atomic E-state index is 13.5. The molecule has 0 unspecified atom stereocenters. The predicted octanol–water partition coefficient (Wildman–Crippen LogP) is 5.14. The second-order valence-electron chi connectivity index (χ2n) is 9.87. The Morgan fingerprint density at radius 1 is 1.14 bits per heavy atom. The van der Waals surface area contributed by atoms with Crippen molar-refractivity contribution in [2.24, 2.45) is 18.2 Å². The Morgan fingerprint density at radius 2 is 1.84 bits per heavy atom. The van der Waals surface area contributed by atoms with E-state index in [1.54, 1.807) is 24.9 Å². The van der Waals surface area contributed by atoms with Crippen LogP contribution in [-0.2, 0) is 13.5 Å². The Morgan fingerprint density at radius 3 is 2.51 bits per heavy atom. The molecule has 0 radical (unpaired) electrons. The summed E-state index contributed by atoms with van der Waals surface area (Å²) in [6, 6.07) is 3.86. The van der Waals surface area contributed by atoms with E-state index in [2.05, 4.69) is 14.9 Å². The maximum Gasteiger partial charge on any atom is 0.264 e. The number of piperidine rings is 1. The molecule has 0 bridgehead atoms. The second kappa shape index (κ2) is 8.91. The maximum atomic E-state index is 13.5. The first-order valence-electron chi connectivity index (χ1n) is 12.0. The van der Waals surface area contributed by atoms with E-state index in [9.17, 15) is 4.79 Å². The van der Waals surface area contributed by atoms with Crippen LogP contribution >= 0.6 is 34.8 Å². The van der Waals surface area contributed by atoms with Gasteiger partial charge in [0.15, 0.2) is 0 Å². The minimum absolute atomic E-state index is 0.0636. The lowest BCUT2D eigenvalue weighted by atomic mass is 9.73. The van der Waals surface area contributed by atoms with Gasteiger partial charge < -0.3 is 20.4 Å². The Kier molecular flexibility index (Phi) is 5.91. The van der Waals surface area contributed by atoms with Crippen molar-refractivity contribution in [1.29, 1.82) is 0 Å². The molecule has 4 heterocycles. The zero-order chi connectivity index (χ0) is 26.1. The number of aromatic nitrogens is 4. The molecular formula is C26H25Cl3N6O2. The lowest BCUT2D eigenvalue weighted by Gasteiger charge is -2.42. The third-order valence-corrected chi connectivity index (χ3v) is 8.87. The molecule has 2 aliphatic rings. The number of ether oxygens (including phenoxy) is 1. The highest BCUT2D eigenvalue weighted by molar-refractivity contribution is 6.39. The Bertz CT molecular complexity index is 1590. The fraction of sp³-hybridized carbons (Fsp3) is 0.346. The monoisotopic (exact) mass is 558 g/mol. The number of rotatable bonds is 3. The van der Waals surface area contributed by atoms with Crippen molar-refractivity contribution < 1.29 is 4.74 Å². The van der Waals surface area contributed by atoms with Gasteiger partial charge in [0.1, 0.15) is 11.4 Å². The average Bonchev–Trinajstić information content (AvgIpc) is 3.41. The molecule has 1 aliphatic heterocycles. The predicted molar refractivity (Wildman–Crippen MR) is 147 cm³/mol. The van der Waals surface area contributed by atoms with Crippen LogP contribution in [0, 0.1) is 5.41 Å². The zero-order valence-corrected chi connectivity index (χ0v) is 22.6. The van der Waals surface area contributed by atoms with Crippen molar-refractivity contribution >= 4 is 51.8 Å². The van der Waals surface area contributed by atoms with E-state index >= 15 is 0 Å². The Balaban J connectivity index is 1.31. The minimum atomic E-state index is -0.174. The van der Waals surface area contributed by atoms with Crippen molar-refractivity contribution in [3.8, 4) is 16.9 Å². The molecule has 37 heavy (non-hydrogen) atoms. The van der Waals surface area contributed by atoms with Crippen LogP contribution in [0.4, 0.5) is 5.95 Å². The third kappa shape index (κ3) is 3.73. The molecule has 1 saturated heterocycles. The standard InChI is InChI=1S/C26H25Cl3N6O2/c1-34-24(36)21-15(20-17(28)11-31-12-18(20)29)10-32-23(21)33-25(34)35-5-3-26(4-6-35)9-13-7-19(37-2)16(27)8-14(13)22(26)30/h7-8,10-12,22,32H,3-6,9,30H2,1-2H3/t22-/m1/s1. The van der Waals surface area contributed by atoms with E-state index < -0.39 is 0 Å². The SMILES string of the molecule is COc1cc2c(cc1Cl)[C@@H](N)C1(CCN(c3nc4[nH]cc(-c5c(Cl)cncc5Cl)c4c(=O)n3C)CC1)C2. The van der Waals surface area contributed by atoms with E-state index in [1.165, 1.54) is 18.0 Å². The van der Waals surface area contributed by atoms with Gasteiger partial charge in [-0.2, -0.15) is 4.98 Å². The van der Waals surface area contributed by atoms with Crippen LogP contribution in [0.1, 0.15) is 30.0 Å². The van der Waals surface area contributed by atoms with Gasteiger partial charge in [-0.15, -0.1) is 0 Å². The molecule has 6 rings (SSSR count). The summed E-state index contributed by atoms with van der Waals surface area (Å²) in [6.45, 7) is 1.46. The summed E-state index contributed by atoms with van der Waals surface area (Å²) in [4.78, 5) is 27.7. The molecule has 8 nitrogen and oxygen atoms in total. The van der Waals surface area contributed by atoms with Crippen LogP contribution in [0.2, 0.25) is 15.1 Å². The lowest BCUT2D eigenvalue weighted by molar-refractivity contribution is 0.186. The summed E-state index contributed by atoms with van der Waals surface area (Å²) in [7, 11) is 3.37. The molecule has 11 heteroatoms. The van der Waals surface area contributed by atoms with Crippen LogP contribution in [-0.4, -0.2) is 39.7 Å². The Hall–Kier alpha value is -2.78. The number of hydrogen-bond donors (Lipinski definition) is 2. The summed E-state index contributed by atoms with van der Waals surface area (Å²) in [5.74, 6) is 1.29. The van der Waals surface area contributed by atoms with E-state index in [-0.39, 0.29) is 17.0 Å². The first-order valence-corrected chi connectivity index (χ1v) is 13.1. The summed E-state index contributed by atoms with van der Waals surface area (Å²) in [5.41, 5.74) is 10.5. The van der Waals surface area contributed by atoms with Gasteiger partial charge in [-0.25, -0.2) is 0 Å². The smallest absolute Gasteiger partial charge is 0.264 e. The largest absolute Gasteiger partial charge is 0.495 e. The number of halogens is 3. The van der Waals surface area contributed by atoms with Crippen LogP contribution < -0.4 is 20.9 Å². The summed E-state index contributed by atoms with van der Waals surface area (Å²) < 4.78 is 7.01. The van der Waals surface area contributed by atoms with E-state index in [4.69, 9.17) is 50.3 Å². The Labute approximate surface area is 228 Å². The van der Waals surface area contributed by atoms with E-state index in [1.807, 2.05) is 12.1 Å². The van der Waals surface area contributed by atoms with Crippen LogP contribution in [0.5, 0.6) is 5.75 Å². The first kappa shape index (κ1) is 24.6. The highest BCUT2D eigenvalue weighted by Gasteiger charge is 2.46. The number of pyridine rings is 1. The number of nitrogens with zero attached hydrogens (tertiary/aromatic N) is 4. The third-order valence-electron chi connectivity index (χ3n) is 8.01. The van der Waals surface area contributed by atoms with Gasteiger partial charge in [-0.1, -0.05) is 34.8 Å². The molecule has 0 saturated carbocycles. The van der Waals surface area contributed by atoms with Crippen molar-refractivity contribution in [1.82, 2.24) is 19.5 Å². The van der Waals surface area contributed by atoms with Gasteiger partial charge in [0.25, 0.3) is 5.56 Å². The fourth-order valence-corrected chi connectivity index (χ4v) is 6.79. The molecular weight excluding hydrogens is 535 g/mol. The number of H-pyrrole nitrogens is 1. The van der Waals surface area contributed by atoms with Crippen molar-refractivity contribution in [2.45, 2.75) is 25.3 Å². The molecule has 1 spiro atoms. The van der Waals surface area contributed by atoms with Gasteiger partial charge in [0, 0.05) is 55.9 Å². The number of anilines is 1. The topological polar surface area (TPSA) is 102 Å². The number of nitrogens with two attached hydrogens (primary N) is 1. The van der Waals surface area contributed by atoms with E-state index in [0.717, 1.165) is 37.9 Å². The number of methoxy groups -OCH3 is 1. The molecule has 0 amide bonds. The van der Waals surface area contributed by atoms with Gasteiger partial charge in [-0.3, -0.25) is 14.3 Å². The summed E-state index contributed by atoms with van der Waals surface area (Å²) >= 11 is 19.1. The van der Waals surface area contributed by atoms with Gasteiger partial charge in [0.2, 0.25) is 5.95 Å². The van der Waals surface area contributed by atoms with Crippen molar-refractivity contribution in [2.75, 3.05) is 25.1 Å². The minimum Gasteiger partial charge on any atom is -0.495 e. The molecule has 1 aromatic carbocycles. The highest BCUT2D eigenvalue weighted by Crippen LogP contribution is 2.52. The number of hydrogen-bond acceptors (Lipinski definition) is 6. The molecule has 1 aliphatic carbocycles. The quantitative estimate of drug-likeness (QED) is 0.361. The molecule has 1 fully saturated rings. The van der Waals surface area contributed by atoms with Crippen LogP contribution in [0.3, 0.4) is 0 Å². The van der Waals surface area contributed by atoms with Crippen molar-refractivity contribution in [3.05, 3.63) is 67.3 Å². The highest BCUT2D eigenvalue weighted by atomic mass is 35.5. The number of benzene rings is 1. The van der Waals surface area contributed by atoms with Crippen LogP contribution in [0.15, 0.2) is 35.5 Å². The summed E-state index contributed by atoms with van der Waals surface area (Å²) in [6.07, 6.45) is 7.35. The molecule has 1 atom stereocenters. The summed E-state index contributed by atoms with van der Waals surface area (Å²) in [5, 5.41) is 1.76. The number of aromatic amines is 1.